The quantitative estimate of drug-likeness (QED) is 0.491. The van der Waals surface area contributed by atoms with E-state index in [-0.39, 0.29) is 0 Å². The smallest absolute Gasteiger partial charge is 0.133 e. The van der Waals surface area contributed by atoms with E-state index in [2.05, 4.69) is 31.4 Å². The molecule has 1 rings (SSSR count). The zero-order valence-corrected chi connectivity index (χ0v) is 12.8. The van der Waals surface area contributed by atoms with Gasteiger partial charge in [-0.25, -0.2) is 0 Å². The molecule has 18 heavy (non-hydrogen) atoms. The molecule has 0 aromatic rings. The van der Waals surface area contributed by atoms with Crippen molar-refractivity contribution in [2.24, 2.45) is 5.41 Å². The minimum atomic E-state index is -0.572. The van der Waals surface area contributed by atoms with Gasteiger partial charge in [-0.2, -0.15) is 0 Å². The molecule has 1 unspecified atom stereocenters. The van der Waals surface area contributed by atoms with Crippen molar-refractivity contribution >= 4 is 17.1 Å². The highest BCUT2D eigenvalue weighted by atomic mass is 32.1. The number of hydrogen-bond donors (Lipinski definition) is 3. The van der Waals surface area contributed by atoms with E-state index in [0.29, 0.717) is 10.3 Å². The summed E-state index contributed by atoms with van der Waals surface area (Å²) in [5, 5.41) is 16.2. The van der Waals surface area contributed by atoms with Gasteiger partial charge in [0.15, 0.2) is 0 Å². The summed E-state index contributed by atoms with van der Waals surface area (Å²) in [7, 11) is 0. The topological polar surface area (TPSA) is 44.3 Å². The van der Waals surface area contributed by atoms with E-state index in [4.69, 9.17) is 12.2 Å². The molecule has 104 valence electrons. The van der Waals surface area contributed by atoms with Gasteiger partial charge in [0, 0.05) is 13.1 Å². The first kappa shape index (κ1) is 15.4. The maximum absolute atomic E-state index is 9.69. The second kappa shape index (κ2) is 6.53. The Morgan fingerprint density at radius 2 is 1.89 bits per heavy atom. The lowest BCUT2D eigenvalue weighted by Crippen LogP contribution is -2.47. The van der Waals surface area contributed by atoms with Crippen LogP contribution < -0.4 is 10.6 Å². The first-order chi connectivity index (χ1) is 8.37. The summed E-state index contributed by atoms with van der Waals surface area (Å²) < 4.78 is 0. The van der Waals surface area contributed by atoms with E-state index >= 15 is 0 Å². The molecule has 0 bridgehead atoms. The molecule has 4 heteroatoms. The second-order valence-electron chi connectivity index (χ2n) is 6.03. The molecule has 3 N–H and O–H groups in total. The summed E-state index contributed by atoms with van der Waals surface area (Å²) in [5.74, 6) is 0. The van der Waals surface area contributed by atoms with Crippen LogP contribution in [0, 0.1) is 5.41 Å². The van der Waals surface area contributed by atoms with Crippen molar-refractivity contribution in [2.45, 2.75) is 53.1 Å². The average Bonchev–Trinajstić information content (AvgIpc) is 2.29. The Kier molecular flexibility index (Phi) is 5.60. The van der Waals surface area contributed by atoms with E-state index in [1.165, 1.54) is 12.8 Å². The molecule has 0 heterocycles. The van der Waals surface area contributed by atoms with Crippen LogP contribution in [0.1, 0.15) is 47.0 Å². The van der Waals surface area contributed by atoms with Gasteiger partial charge in [0.2, 0.25) is 0 Å². The Balaban J connectivity index is 2.29. The molecule has 1 atom stereocenters. The van der Waals surface area contributed by atoms with Crippen LogP contribution >= 0.6 is 12.2 Å². The number of nitrogens with one attached hydrogen (secondary N) is 2. The SMILES string of the molecule is CCNC1=C(NCCCCC(C)(C)C)C(=S)C1O. The number of likely N-dealkylation sites (N-methyl/N-ethyl adjacent to an activating group) is 1. The normalized spacial score (nSPS) is 19.8. The van der Waals surface area contributed by atoms with Crippen LogP contribution in [0.2, 0.25) is 0 Å². The number of unbranched alkanes of at least 4 members (excludes halogenated alkanes) is 1. The molecule has 0 spiro atoms. The van der Waals surface area contributed by atoms with Crippen molar-refractivity contribution in [1.82, 2.24) is 10.6 Å². The fraction of sp³-hybridized carbons (Fsp3) is 0.786. The molecule has 1 aliphatic rings. The Morgan fingerprint density at radius 3 is 2.44 bits per heavy atom. The molecular formula is C14H26N2OS. The van der Waals surface area contributed by atoms with E-state index in [1.807, 2.05) is 6.92 Å². The van der Waals surface area contributed by atoms with E-state index in [0.717, 1.165) is 30.9 Å². The van der Waals surface area contributed by atoms with Crippen molar-refractivity contribution in [3.63, 3.8) is 0 Å². The summed E-state index contributed by atoms with van der Waals surface area (Å²) in [6.45, 7) is 10.6. The molecule has 0 saturated heterocycles. The Bertz CT molecular complexity index is 331. The van der Waals surface area contributed by atoms with Crippen LogP contribution in [-0.4, -0.2) is 29.2 Å². The standard InChI is InChI=1S/C14H26N2OS/c1-5-15-10-11(13(18)12(10)17)16-9-7-6-8-14(2,3)4/h12,15-17H,5-9H2,1-4H3. The van der Waals surface area contributed by atoms with Crippen LogP contribution in [-0.2, 0) is 0 Å². The molecule has 0 saturated carbocycles. The van der Waals surface area contributed by atoms with Crippen molar-refractivity contribution in [3.05, 3.63) is 11.4 Å². The molecule has 0 amide bonds. The van der Waals surface area contributed by atoms with Gasteiger partial charge < -0.3 is 15.7 Å². The maximum atomic E-state index is 9.69. The van der Waals surface area contributed by atoms with Crippen molar-refractivity contribution < 1.29 is 5.11 Å². The second-order valence-corrected chi connectivity index (χ2v) is 6.47. The van der Waals surface area contributed by atoms with Gasteiger partial charge in [-0.3, -0.25) is 0 Å². The number of rotatable bonds is 7. The van der Waals surface area contributed by atoms with Crippen LogP contribution in [0.3, 0.4) is 0 Å². The Hall–Kier alpha value is -0.610. The predicted molar refractivity (Wildman–Crippen MR) is 80.6 cm³/mol. The average molecular weight is 270 g/mol. The van der Waals surface area contributed by atoms with E-state index in [9.17, 15) is 5.11 Å². The van der Waals surface area contributed by atoms with Crippen LogP contribution in [0.25, 0.3) is 0 Å². The van der Waals surface area contributed by atoms with E-state index < -0.39 is 6.10 Å². The summed E-state index contributed by atoms with van der Waals surface area (Å²) in [4.78, 5) is 0.641. The summed E-state index contributed by atoms with van der Waals surface area (Å²) >= 11 is 5.15. The van der Waals surface area contributed by atoms with Gasteiger partial charge in [0.1, 0.15) is 6.10 Å². The lowest BCUT2D eigenvalue weighted by molar-refractivity contribution is 0.256. The monoisotopic (exact) mass is 270 g/mol. The van der Waals surface area contributed by atoms with Gasteiger partial charge in [-0.05, 0) is 25.2 Å². The fourth-order valence-electron chi connectivity index (χ4n) is 2.01. The molecular weight excluding hydrogens is 244 g/mol. The molecule has 3 nitrogen and oxygen atoms in total. The molecule has 0 aromatic carbocycles. The third kappa shape index (κ3) is 4.25. The van der Waals surface area contributed by atoms with Crippen LogP contribution in [0.4, 0.5) is 0 Å². The maximum Gasteiger partial charge on any atom is 0.133 e. The summed E-state index contributed by atoms with van der Waals surface area (Å²) in [5.41, 5.74) is 2.21. The Morgan fingerprint density at radius 1 is 1.22 bits per heavy atom. The first-order valence-electron chi connectivity index (χ1n) is 6.81. The lowest BCUT2D eigenvalue weighted by atomic mass is 9.90. The van der Waals surface area contributed by atoms with Gasteiger partial charge in [-0.15, -0.1) is 0 Å². The molecule has 0 aliphatic heterocycles. The van der Waals surface area contributed by atoms with Gasteiger partial charge in [0.05, 0.1) is 16.3 Å². The third-order valence-corrected chi connectivity index (χ3v) is 3.49. The third-order valence-electron chi connectivity index (χ3n) is 3.06. The highest BCUT2D eigenvalue weighted by Gasteiger charge is 2.33. The van der Waals surface area contributed by atoms with Gasteiger partial charge in [0.25, 0.3) is 0 Å². The molecule has 0 fully saturated rings. The van der Waals surface area contributed by atoms with Gasteiger partial charge >= 0.3 is 0 Å². The van der Waals surface area contributed by atoms with Crippen LogP contribution in [0.15, 0.2) is 11.4 Å². The molecule has 0 aromatic heterocycles. The molecule has 1 aliphatic carbocycles. The number of thiocarbonyl (C=S) groups is 1. The highest BCUT2D eigenvalue weighted by molar-refractivity contribution is 7.81. The predicted octanol–water partition coefficient (Wildman–Crippen LogP) is 2.36. The summed E-state index contributed by atoms with van der Waals surface area (Å²) in [6.07, 6.45) is 3.02. The largest absolute Gasteiger partial charge is 0.384 e. The highest BCUT2D eigenvalue weighted by Crippen LogP contribution is 2.23. The number of aliphatic hydroxyl groups excluding tert-OH is 1. The van der Waals surface area contributed by atoms with Crippen molar-refractivity contribution in [1.29, 1.82) is 0 Å². The van der Waals surface area contributed by atoms with E-state index in [1.54, 1.807) is 0 Å². The van der Waals surface area contributed by atoms with Crippen molar-refractivity contribution in [3.8, 4) is 0 Å². The zero-order chi connectivity index (χ0) is 13.8. The number of hydrogen-bond acceptors (Lipinski definition) is 4. The van der Waals surface area contributed by atoms with Crippen molar-refractivity contribution in [2.75, 3.05) is 13.1 Å². The molecule has 0 radical (unpaired) electrons. The fourth-order valence-corrected chi connectivity index (χ4v) is 2.31. The minimum Gasteiger partial charge on any atom is -0.384 e. The minimum absolute atomic E-state index is 0.413. The van der Waals surface area contributed by atoms with Crippen LogP contribution in [0.5, 0.6) is 0 Å². The zero-order valence-electron chi connectivity index (χ0n) is 12.0. The van der Waals surface area contributed by atoms with Gasteiger partial charge in [-0.1, -0.05) is 39.4 Å². The number of aliphatic hydroxyl groups is 1. The lowest BCUT2D eigenvalue weighted by Gasteiger charge is -2.32. The summed E-state index contributed by atoms with van der Waals surface area (Å²) in [6, 6.07) is 0. The Labute approximate surface area is 116 Å². The first-order valence-corrected chi connectivity index (χ1v) is 7.22.